The number of nitriles is 1. The van der Waals surface area contributed by atoms with Gasteiger partial charge in [0.15, 0.2) is 6.20 Å². The minimum atomic E-state index is -0.398. The van der Waals surface area contributed by atoms with E-state index in [9.17, 15) is 5.26 Å². The zero-order valence-corrected chi connectivity index (χ0v) is 20.3. The monoisotopic (exact) mass is 443 g/mol. The van der Waals surface area contributed by atoms with E-state index >= 15 is 0 Å². The lowest BCUT2D eigenvalue weighted by molar-refractivity contribution is -0.659. The minimum Gasteiger partial charge on any atom is -0.455 e. The fraction of sp³-hybridized carbons (Fsp3) is 0.226. The highest BCUT2D eigenvalue weighted by molar-refractivity contribution is 6.16. The van der Waals surface area contributed by atoms with Crippen LogP contribution in [0.1, 0.15) is 30.5 Å². The van der Waals surface area contributed by atoms with Gasteiger partial charge in [-0.05, 0) is 72.9 Å². The highest BCUT2D eigenvalue weighted by Gasteiger charge is 2.32. The Bertz CT molecular complexity index is 1720. The maximum absolute atomic E-state index is 9.50. The maximum atomic E-state index is 9.50. The van der Waals surface area contributed by atoms with Gasteiger partial charge in [0.05, 0.1) is 22.4 Å². The summed E-state index contributed by atoms with van der Waals surface area (Å²) in [5, 5.41) is 16.7. The van der Waals surface area contributed by atoms with Gasteiger partial charge in [-0.25, -0.2) is 4.57 Å². The van der Waals surface area contributed by atoms with Gasteiger partial charge < -0.3 is 4.74 Å². The molecule has 0 unspecified atom stereocenters. The zero-order valence-electron chi connectivity index (χ0n) is 20.3. The van der Waals surface area contributed by atoms with Crippen molar-refractivity contribution in [2.24, 2.45) is 12.5 Å². The van der Waals surface area contributed by atoms with Gasteiger partial charge in [-0.1, -0.05) is 42.5 Å². The summed E-state index contributed by atoms with van der Waals surface area (Å²) in [5.74, 6) is 1.85. The zero-order chi connectivity index (χ0) is 23.8. The average molecular weight is 444 g/mol. The number of benzene rings is 4. The molecule has 3 heteroatoms. The highest BCUT2D eigenvalue weighted by atomic mass is 16.5. The summed E-state index contributed by atoms with van der Waals surface area (Å²) in [6, 6.07) is 22.0. The first-order valence-electron chi connectivity index (χ1n) is 11.8. The van der Waals surface area contributed by atoms with Crippen molar-refractivity contribution in [2.45, 2.75) is 34.1 Å². The van der Waals surface area contributed by atoms with Crippen LogP contribution in [0.5, 0.6) is 11.5 Å². The molecule has 0 radical (unpaired) electrons. The van der Waals surface area contributed by atoms with Gasteiger partial charge in [-0.3, -0.25) is 0 Å². The third kappa shape index (κ3) is 2.85. The lowest BCUT2D eigenvalue weighted by Gasteiger charge is -2.25. The van der Waals surface area contributed by atoms with Crippen molar-refractivity contribution < 1.29 is 9.30 Å². The minimum absolute atomic E-state index is 0.398. The van der Waals surface area contributed by atoms with Gasteiger partial charge in [-0.2, -0.15) is 5.26 Å². The topological polar surface area (TPSA) is 36.9 Å². The molecule has 1 aliphatic heterocycles. The number of aryl methyl sites for hydroxylation is 3. The van der Waals surface area contributed by atoms with E-state index < -0.39 is 5.41 Å². The number of nitrogens with zero attached hydrogens (tertiary/aromatic N) is 2. The van der Waals surface area contributed by atoms with Gasteiger partial charge in [-0.15, -0.1) is 0 Å². The van der Waals surface area contributed by atoms with E-state index in [0.29, 0.717) is 0 Å². The molecule has 5 aromatic rings. The Labute approximate surface area is 199 Å². The molecule has 4 aromatic carbocycles. The molecule has 0 aliphatic carbocycles. The molecule has 0 amide bonds. The smallest absolute Gasteiger partial charge is 0.228 e. The fourth-order valence-corrected chi connectivity index (χ4v) is 5.63. The lowest BCUT2D eigenvalue weighted by Crippen LogP contribution is -2.32. The molecule has 34 heavy (non-hydrogen) atoms. The molecule has 6 rings (SSSR count). The number of hydrogen-bond acceptors (Lipinski definition) is 2. The Morgan fingerprint density at radius 3 is 2.38 bits per heavy atom. The van der Waals surface area contributed by atoms with E-state index in [2.05, 4.69) is 92.3 Å². The molecule has 1 aliphatic rings. The van der Waals surface area contributed by atoms with E-state index in [-0.39, 0.29) is 0 Å². The molecule has 166 valence electrons. The van der Waals surface area contributed by atoms with Gasteiger partial charge in [0.1, 0.15) is 18.5 Å². The predicted octanol–water partition coefficient (Wildman–Crippen LogP) is 7.45. The van der Waals surface area contributed by atoms with Crippen molar-refractivity contribution in [1.82, 2.24) is 0 Å². The van der Waals surface area contributed by atoms with Crippen LogP contribution in [0.15, 0.2) is 60.8 Å². The first-order chi connectivity index (χ1) is 16.3. The molecular weight excluding hydrogens is 416 g/mol. The molecule has 0 bridgehead atoms. The number of rotatable bonds is 2. The van der Waals surface area contributed by atoms with Crippen molar-refractivity contribution in [1.29, 1.82) is 5.26 Å². The Morgan fingerprint density at radius 2 is 1.65 bits per heavy atom. The molecule has 2 heterocycles. The Balaban J connectivity index is 1.69. The summed E-state index contributed by atoms with van der Waals surface area (Å²) in [6.07, 6.45) is 2.88. The summed E-state index contributed by atoms with van der Waals surface area (Å²) in [7, 11) is 2.12. The first kappa shape index (κ1) is 20.7. The SMILES string of the molecule is Cc1c2c(c(C)c3ccccc13)-c1c3c(cc4cc(CC(C)(C)C#N)ccc4c3cc[n+]1C)O2. The number of aromatic nitrogens is 1. The van der Waals surface area contributed by atoms with E-state index in [1.54, 1.807) is 0 Å². The van der Waals surface area contributed by atoms with Crippen LogP contribution in [0.25, 0.3) is 43.6 Å². The van der Waals surface area contributed by atoms with Crippen LogP contribution in [0.3, 0.4) is 0 Å². The number of ether oxygens (including phenoxy) is 1. The van der Waals surface area contributed by atoms with Crippen molar-refractivity contribution in [3.05, 3.63) is 77.5 Å². The van der Waals surface area contributed by atoms with E-state index in [4.69, 9.17) is 4.74 Å². The van der Waals surface area contributed by atoms with E-state index in [1.165, 1.54) is 49.5 Å². The molecular formula is C31H27N2O+. The van der Waals surface area contributed by atoms with Crippen molar-refractivity contribution >= 4 is 32.3 Å². The third-order valence-corrected chi connectivity index (χ3v) is 7.34. The number of fused-ring (bicyclic) bond motifs is 5. The molecule has 0 N–H and O–H groups in total. The van der Waals surface area contributed by atoms with Gasteiger partial charge in [0, 0.05) is 17.0 Å². The summed E-state index contributed by atoms with van der Waals surface area (Å²) in [4.78, 5) is 0. The molecule has 0 spiro atoms. The van der Waals surface area contributed by atoms with Crippen molar-refractivity contribution in [3.63, 3.8) is 0 Å². The summed E-state index contributed by atoms with van der Waals surface area (Å²) in [5.41, 5.74) is 5.58. The largest absolute Gasteiger partial charge is 0.455 e. The molecule has 0 saturated carbocycles. The van der Waals surface area contributed by atoms with Crippen LogP contribution < -0.4 is 9.30 Å². The number of hydrogen-bond donors (Lipinski definition) is 0. The second-order valence-electron chi connectivity index (χ2n) is 10.3. The average Bonchev–Trinajstić information content (AvgIpc) is 2.83. The maximum Gasteiger partial charge on any atom is 0.228 e. The second-order valence-corrected chi connectivity index (χ2v) is 10.3. The number of pyridine rings is 1. The van der Waals surface area contributed by atoms with Crippen molar-refractivity contribution in [2.75, 3.05) is 0 Å². The quantitative estimate of drug-likeness (QED) is 0.206. The van der Waals surface area contributed by atoms with Crippen LogP contribution in [-0.4, -0.2) is 0 Å². The predicted molar refractivity (Wildman–Crippen MR) is 138 cm³/mol. The standard InChI is InChI=1S/C31H27N2O/c1-18-22-8-6-7-9-23(22)19(2)30-27(18)29-28-25(12-13-33(29)5)24-11-10-20(16-31(3,4)17-32)14-21(24)15-26(28)34-30/h6-15H,16H2,1-5H3/q+1. The summed E-state index contributed by atoms with van der Waals surface area (Å²) in [6.45, 7) is 8.35. The fourth-order valence-electron chi connectivity index (χ4n) is 5.63. The molecule has 1 aromatic heterocycles. The summed E-state index contributed by atoms with van der Waals surface area (Å²) >= 11 is 0. The Hall–Kier alpha value is -3.90. The first-order valence-corrected chi connectivity index (χ1v) is 11.8. The second kappa shape index (κ2) is 7.05. The van der Waals surface area contributed by atoms with Crippen LogP contribution in [0.2, 0.25) is 0 Å². The van der Waals surface area contributed by atoms with Crippen LogP contribution in [0.4, 0.5) is 0 Å². The van der Waals surface area contributed by atoms with Crippen LogP contribution in [-0.2, 0) is 13.5 Å². The van der Waals surface area contributed by atoms with Gasteiger partial charge >= 0.3 is 0 Å². The van der Waals surface area contributed by atoms with Gasteiger partial charge in [0.2, 0.25) is 5.69 Å². The van der Waals surface area contributed by atoms with Gasteiger partial charge in [0.25, 0.3) is 0 Å². The third-order valence-electron chi connectivity index (χ3n) is 7.34. The van der Waals surface area contributed by atoms with Crippen LogP contribution >= 0.6 is 0 Å². The van der Waals surface area contributed by atoms with Crippen LogP contribution in [0, 0.1) is 30.6 Å². The summed E-state index contributed by atoms with van der Waals surface area (Å²) < 4.78 is 8.95. The van der Waals surface area contributed by atoms with E-state index in [1.807, 2.05) is 13.8 Å². The Morgan fingerprint density at radius 1 is 0.912 bits per heavy atom. The Kier molecular flexibility index (Phi) is 4.29. The molecule has 0 fully saturated rings. The molecule has 0 saturated heterocycles. The lowest BCUT2D eigenvalue weighted by atomic mass is 9.85. The highest BCUT2D eigenvalue weighted by Crippen LogP contribution is 2.51. The normalized spacial score (nSPS) is 12.6. The molecule has 0 atom stereocenters. The van der Waals surface area contributed by atoms with Crippen molar-refractivity contribution in [3.8, 4) is 28.8 Å². The van der Waals surface area contributed by atoms with E-state index in [0.717, 1.165) is 28.7 Å². The molecule has 3 nitrogen and oxygen atoms in total.